The molecule has 58 valence electrons. The molecular formula is C6H8Cl2O2. The van der Waals surface area contributed by atoms with Crippen LogP contribution in [-0.2, 0) is 4.74 Å². The highest BCUT2D eigenvalue weighted by atomic mass is 35.5. The van der Waals surface area contributed by atoms with Crippen LogP contribution >= 0.6 is 23.2 Å². The highest BCUT2D eigenvalue weighted by molar-refractivity contribution is 6.29. The van der Waals surface area contributed by atoms with Crippen LogP contribution in [-0.4, -0.2) is 17.3 Å². The third-order valence-corrected chi connectivity index (χ3v) is 1.15. The topological polar surface area (TPSA) is 29.5 Å². The molecule has 0 heterocycles. The van der Waals surface area contributed by atoms with Crippen LogP contribution in [0.2, 0.25) is 0 Å². The van der Waals surface area contributed by atoms with E-state index in [9.17, 15) is 0 Å². The predicted molar refractivity (Wildman–Crippen MR) is 41.9 cm³/mol. The molecule has 2 nitrogen and oxygen atoms in total. The SMILES string of the molecule is C=CC(Cl)OC=C(Cl)CO. The van der Waals surface area contributed by atoms with Crippen molar-refractivity contribution in [1.82, 2.24) is 0 Å². The molecule has 0 radical (unpaired) electrons. The van der Waals surface area contributed by atoms with E-state index in [-0.39, 0.29) is 11.6 Å². The van der Waals surface area contributed by atoms with Gasteiger partial charge in [0, 0.05) is 0 Å². The van der Waals surface area contributed by atoms with Gasteiger partial charge in [-0.2, -0.15) is 0 Å². The zero-order valence-electron chi connectivity index (χ0n) is 5.26. The summed E-state index contributed by atoms with van der Waals surface area (Å²) in [6, 6.07) is 0. The molecule has 0 aliphatic heterocycles. The summed E-state index contributed by atoms with van der Waals surface area (Å²) in [6.07, 6.45) is 2.58. The van der Waals surface area contributed by atoms with Crippen molar-refractivity contribution in [2.24, 2.45) is 0 Å². The minimum Gasteiger partial charge on any atom is -0.477 e. The molecule has 1 unspecified atom stereocenters. The van der Waals surface area contributed by atoms with Gasteiger partial charge in [-0.3, -0.25) is 0 Å². The summed E-state index contributed by atoms with van der Waals surface area (Å²) in [5, 5.41) is 8.57. The maximum absolute atomic E-state index is 8.37. The summed E-state index contributed by atoms with van der Waals surface area (Å²) in [5.41, 5.74) is -0.597. The van der Waals surface area contributed by atoms with E-state index in [1.54, 1.807) is 0 Å². The van der Waals surface area contributed by atoms with Gasteiger partial charge in [-0.1, -0.05) is 29.8 Å². The van der Waals surface area contributed by atoms with Crippen LogP contribution in [0.4, 0.5) is 0 Å². The number of rotatable bonds is 4. The average molecular weight is 183 g/mol. The summed E-state index contributed by atoms with van der Waals surface area (Å²) < 4.78 is 4.74. The maximum Gasteiger partial charge on any atom is 0.189 e. The van der Waals surface area contributed by atoms with Gasteiger partial charge in [0.1, 0.15) is 6.26 Å². The van der Waals surface area contributed by atoms with Gasteiger partial charge in [0.25, 0.3) is 0 Å². The molecule has 0 fully saturated rings. The van der Waals surface area contributed by atoms with E-state index in [0.717, 1.165) is 0 Å². The van der Waals surface area contributed by atoms with Crippen molar-refractivity contribution in [3.63, 3.8) is 0 Å². The highest BCUT2D eigenvalue weighted by Crippen LogP contribution is 2.04. The summed E-state index contributed by atoms with van der Waals surface area (Å²) >= 11 is 10.8. The molecule has 10 heavy (non-hydrogen) atoms. The Morgan fingerprint density at radius 2 is 2.40 bits per heavy atom. The molecule has 0 saturated carbocycles. The Hall–Kier alpha value is -0.180. The molecule has 4 heteroatoms. The number of hydrogen-bond donors (Lipinski definition) is 1. The van der Waals surface area contributed by atoms with Crippen LogP contribution in [0.3, 0.4) is 0 Å². The fourth-order valence-electron chi connectivity index (χ4n) is 0.232. The maximum atomic E-state index is 8.37. The standard InChI is InChI=1S/C6H8Cl2O2/c1-2-6(8)10-4-5(7)3-9/h2,4,6,9H,1,3H2. The van der Waals surface area contributed by atoms with Crippen LogP contribution in [0, 0.1) is 0 Å². The first-order chi connectivity index (χ1) is 4.70. The van der Waals surface area contributed by atoms with E-state index in [2.05, 4.69) is 6.58 Å². The molecule has 0 saturated heterocycles. The van der Waals surface area contributed by atoms with Gasteiger partial charge >= 0.3 is 0 Å². The lowest BCUT2D eigenvalue weighted by Crippen LogP contribution is -1.94. The third-order valence-electron chi connectivity index (χ3n) is 0.662. The largest absolute Gasteiger partial charge is 0.477 e. The quantitative estimate of drug-likeness (QED) is 0.409. The number of hydrogen-bond acceptors (Lipinski definition) is 2. The minimum atomic E-state index is -0.597. The Balaban J connectivity index is 3.60. The molecule has 0 rings (SSSR count). The summed E-state index contributed by atoms with van der Waals surface area (Å²) in [6.45, 7) is 3.12. The summed E-state index contributed by atoms with van der Waals surface area (Å²) in [4.78, 5) is 0. The highest BCUT2D eigenvalue weighted by Gasteiger charge is 1.94. The molecule has 0 aromatic rings. The first-order valence-corrected chi connectivity index (χ1v) is 3.39. The second-order valence-corrected chi connectivity index (χ2v) is 2.36. The predicted octanol–water partition coefficient (Wildman–Crippen LogP) is 1.83. The number of ether oxygens (including phenoxy) is 1. The summed E-state index contributed by atoms with van der Waals surface area (Å²) in [7, 11) is 0. The van der Waals surface area contributed by atoms with Crippen molar-refractivity contribution >= 4 is 23.2 Å². The van der Waals surface area contributed by atoms with E-state index in [1.807, 2.05) is 0 Å². The Morgan fingerprint density at radius 1 is 1.80 bits per heavy atom. The molecule has 0 amide bonds. The average Bonchev–Trinajstić information content (AvgIpc) is 1.99. The van der Waals surface area contributed by atoms with Crippen molar-refractivity contribution in [3.05, 3.63) is 23.9 Å². The number of halogens is 2. The van der Waals surface area contributed by atoms with Gasteiger partial charge in [-0.05, 0) is 6.08 Å². The minimum absolute atomic E-state index is 0.201. The molecule has 0 bridgehead atoms. The van der Waals surface area contributed by atoms with E-state index >= 15 is 0 Å². The Bertz CT molecular complexity index is 134. The van der Waals surface area contributed by atoms with E-state index in [4.69, 9.17) is 33.0 Å². The first kappa shape index (κ1) is 9.82. The smallest absolute Gasteiger partial charge is 0.189 e. The fourth-order valence-corrected chi connectivity index (χ4v) is 0.335. The van der Waals surface area contributed by atoms with Gasteiger partial charge < -0.3 is 9.84 Å². The van der Waals surface area contributed by atoms with Crippen LogP contribution in [0.15, 0.2) is 23.9 Å². The lowest BCUT2D eigenvalue weighted by Gasteiger charge is -2.02. The molecule has 1 atom stereocenters. The van der Waals surface area contributed by atoms with E-state index in [1.165, 1.54) is 12.3 Å². The fraction of sp³-hybridized carbons (Fsp3) is 0.333. The van der Waals surface area contributed by atoms with Crippen LogP contribution in [0.1, 0.15) is 0 Å². The monoisotopic (exact) mass is 182 g/mol. The van der Waals surface area contributed by atoms with Gasteiger partial charge in [0.2, 0.25) is 0 Å². The van der Waals surface area contributed by atoms with Crippen molar-refractivity contribution < 1.29 is 9.84 Å². The van der Waals surface area contributed by atoms with Gasteiger partial charge in [-0.25, -0.2) is 0 Å². The van der Waals surface area contributed by atoms with Gasteiger partial charge in [0.05, 0.1) is 11.6 Å². The van der Waals surface area contributed by atoms with Gasteiger partial charge in [0.15, 0.2) is 5.56 Å². The zero-order chi connectivity index (χ0) is 7.98. The molecule has 1 N–H and O–H groups in total. The second kappa shape index (κ2) is 5.59. The van der Waals surface area contributed by atoms with Crippen molar-refractivity contribution in [2.75, 3.05) is 6.61 Å². The zero-order valence-corrected chi connectivity index (χ0v) is 6.77. The van der Waals surface area contributed by atoms with Crippen molar-refractivity contribution in [3.8, 4) is 0 Å². The molecule has 0 spiro atoms. The van der Waals surface area contributed by atoms with Crippen molar-refractivity contribution in [1.29, 1.82) is 0 Å². The van der Waals surface area contributed by atoms with Crippen LogP contribution in [0.5, 0.6) is 0 Å². The molecular weight excluding hydrogens is 175 g/mol. The molecule has 0 aliphatic carbocycles. The third kappa shape index (κ3) is 4.68. The first-order valence-electron chi connectivity index (χ1n) is 2.58. The Morgan fingerprint density at radius 3 is 2.80 bits per heavy atom. The Labute approximate surface area is 69.7 Å². The lowest BCUT2D eigenvalue weighted by atomic mass is 10.6. The number of aliphatic hydroxyl groups excluding tert-OH is 1. The van der Waals surface area contributed by atoms with E-state index < -0.39 is 5.56 Å². The molecule has 0 aromatic heterocycles. The number of aliphatic hydroxyl groups is 1. The van der Waals surface area contributed by atoms with Gasteiger partial charge in [-0.15, -0.1) is 0 Å². The Kier molecular flexibility index (Phi) is 5.49. The second-order valence-electron chi connectivity index (χ2n) is 1.45. The van der Waals surface area contributed by atoms with Crippen LogP contribution in [0.25, 0.3) is 0 Å². The number of alkyl halides is 1. The summed E-state index contributed by atoms with van der Waals surface area (Å²) in [5.74, 6) is 0. The van der Waals surface area contributed by atoms with Crippen LogP contribution < -0.4 is 0 Å². The van der Waals surface area contributed by atoms with Crippen molar-refractivity contribution in [2.45, 2.75) is 5.56 Å². The molecule has 0 aliphatic rings. The normalized spacial score (nSPS) is 14.5. The molecule has 0 aromatic carbocycles. The van der Waals surface area contributed by atoms with E-state index in [0.29, 0.717) is 0 Å². The lowest BCUT2D eigenvalue weighted by molar-refractivity contribution is 0.247.